The molecule has 6 heteroatoms. The number of anilines is 2. The Labute approximate surface area is 177 Å². The van der Waals surface area contributed by atoms with Crippen molar-refractivity contribution < 1.29 is 4.39 Å². The topological polar surface area (TPSA) is 35.5 Å². The second kappa shape index (κ2) is 8.90. The van der Waals surface area contributed by atoms with Gasteiger partial charge in [0.1, 0.15) is 5.82 Å². The highest BCUT2D eigenvalue weighted by Gasteiger charge is 2.15. The molecule has 156 valence electrons. The standard InChI is InChI=1S/C24H28FN5/c1-18-16-26-24(27-23(18)20-6-8-21(25)9-7-20)29(3)22-10-4-19(5-11-22)17-30-14-12-28(2)13-15-30/h4-11,16H,12-15,17H2,1-3H3. The lowest BCUT2D eigenvalue weighted by Gasteiger charge is -2.32. The third kappa shape index (κ3) is 4.66. The van der Waals surface area contributed by atoms with Crippen LogP contribution in [0, 0.1) is 12.7 Å². The van der Waals surface area contributed by atoms with Crippen LogP contribution >= 0.6 is 0 Å². The van der Waals surface area contributed by atoms with Gasteiger partial charge in [0.05, 0.1) is 5.69 Å². The summed E-state index contributed by atoms with van der Waals surface area (Å²) in [5.74, 6) is 0.367. The number of hydrogen-bond donors (Lipinski definition) is 0. The molecule has 0 saturated carbocycles. The van der Waals surface area contributed by atoms with Crippen LogP contribution in [0.25, 0.3) is 11.3 Å². The summed E-state index contributed by atoms with van der Waals surface area (Å²) in [6, 6.07) is 15.0. The fourth-order valence-corrected chi connectivity index (χ4v) is 3.70. The van der Waals surface area contributed by atoms with Crippen LogP contribution in [0.5, 0.6) is 0 Å². The minimum Gasteiger partial charge on any atom is -0.314 e. The molecule has 0 bridgehead atoms. The maximum absolute atomic E-state index is 13.3. The molecule has 0 atom stereocenters. The first-order valence-corrected chi connectivity index (χ1v) is 10.3. The van der Waals surface area contributed by atoms with Gasteiger partial charge in [-0.05, 0) is 61.5 Å². The van der Waals surface area contributed by atoms with E-state index < -0.39 is 0 Å². The lowest BCUT2D eigenvalue weighted by atomic mass is 10.1. The molecule has 0 unspecified atom stereocenters. The number of aromatic nitrogens is 2. The summed E-state index contributed by atoms with van der Waals surface area (Å²) in [5.41, 5.74) is 5.01. The molecule has 0 spiro atoms. The Bertz CT molecular complexity index is 979. The summed E-state index contributed by atoms with van der Waals surface area (Å²) in [6.07, 6.45) is 1.82. The van der Waals surface area contributed by atoms with Crippen LogP contribution in [-0.2, 0) is 6.54 Å². The molecule has 5 nitrogen and oxygen atoms in total. The molecule has 0 N–H and O–H groups in total. The molecule has 2 heterocycles. The number of halogens is 1. The minimum atomic E-state index is -0.250. The fourth-order valence-electron chi connectivity index (χ4n) is 3.70. The van der Waals surface area contributed by atoms with Crippen LogP contribution < -0.4 is 4.90 Å². The molecule has 4 rings (SSSR count). The summed E-state index contributed by atoms with van der Waals surface area (Å²) < 4.78 is 13.3. The van der Waals surface area contributed by atoms with E-state index in [1.54, 1.807) is 12.1 Å². The Kier molecular flexibility index (Phi) is 6.06. The summed E-state index contributed by atoms with van der Waals surface area (Å²) in [7, 11) is 4.14. The first-order chi connectivity index (χ1) is 14.5. The SMILES string of the molecule is Cc1cnc(N(C)c2ccc(CN3CCN(C)CC3)cc2)nc1-c1ccc(F)cc1. The highest BCUT2D eigenvalue weighted by Crippen LogP contribution is 2.26. The van der Waals surface area contributed by atoms with Crippen molar-refractivity contribution in [2.45, 2.75) is 13.5 Å². The fraction of sp³-hybridized carbons (Fsp3) is 0.333. The summed E-state index contributed by atoms with van der Waals surface area (Å²) >= 11 is 0. The molecule has 1 fully saturated rings. The zero-order valence-electron chi connectivity index (χ0n) is 17.8. The highest BCUT2D eigenvalue weighted by molar-refractivity contribution is 5.65. The van der Waals surface area contributed by atoms with Crippen LogP contribution in [0.15, 0.2) is 54.7 Å². The van der Waals surface area contributed by atoms with Crippen molar-refractivity contribution in [1.82, 2.24) is 19.8 Å². The molecule has 1 aromatic heterocycles. The van der Waals surface area contributed by atoms with E-state index in [1.165, 1.54) is 17.7 Å². The molecule has 1 aliphatic heterocycles. The van der Waals surface area contributed by atoms with E-state index in [0.29, 0.717) is 5.95 Å². The Hall–Kier alpha value is -2.83. The van der Waals surface area contributed by atoms with Crippen molar-refractivity contribution >= 4 is 11.6 Å². The van der Waals surface area contributed by atoms with E-state index in [2.05, 4.69) is 46.1 Å². The van der Waals surface area contributed by atoms with Gasteiger partial charge in [-0.25, -0.2) is 14.4 Å². The smallest absolute Gasteiger partial charge is 0.230 e. The predicted octanol–water partition coefficient (Wildman–Crippen LogP) is 4.11. The maximum atomic E-state index is 13.3. The van der Waals surface area contributed by atoms with E-state index in [-0.39, 0.29) is 5.82 Å². The largest absolute Gasteiger partial charge is 0.314 e. The average Bonchev–Trinajstić information content (AvgIpc) is 2.76. The number of hydrogen-bond acceptors (Lipinski definition) is 5. The lowest BCUT2D eigenvalue weighted by Crippen LogP contribution is -2.43. The molecular formula is C24H28FN5. The third-order valence-electron chi connectivity index (χ3n) is 5.70. The Balaban J connectivity index is 1.49. The van der Waals surface area contributed by atoms with Gasteiger partial charge in [-0.15, -0.1) is 0 Å². The Morgan fingerprint density at radius 2 is 1.63 bits per heavy atom. The highest BCUT2D eigenvalue weighted by atomic mass is 19.1. The van der Waals surface area contributed by atoms with Crippen molar-refractivity contribution in [2.75, 3.05) is 45.2 Å². The number of likely N-dealkylation sites (N-methyl/N-ethyl adjacent to an activating group) is 1. The molecule has 1 aliphatic rings. The Morgan fingerprint density at radius 1 is 0.967 bits per heavy atom. The summed E-state index contributed by atoms with van der Waals surface area (Å²) in [6.45, 7) is 7.43. The van der Waals surface area contributed by atoms with Crippen LogP contribution in [0.1, 0.15) is 11.1 Å². The van der Waals surface area contributed by atoms with Crippen LogP contribution in [0.3, 0.4) is 0 Å². The number of piperazine rings is 1. The van der Waals surface area contributed by atoms with E-state index in [9.17, 15) is 4.39 Å². The summed E-state index contributed by atoms with van der Waals surface area (Å²) in [4.78, 5) is 16.1. The molecule has 3 aromatic rings. The number of benzene rings is 2. The van der Waals surface area contributed by atoms with Crippen molar-refractivity contribution in [3.8, 4) is 11.3 Å². The first kappa shape index (κ1) is 20.4. The molecule has 0 amide bonds. The quantitative estimate of drug-likeness (QED) is 0.638. The monoisotopic (exact) mass is 405 g/mol. The van der Waals surface area contributed by atoms with Gasteiger partial charge in [0.15, 0.2) is 0 Å². The van der Waals surface area contributed by atoms with E-state index >= 15 is 0 Å². The molecule has 1 saturated heterocycles. The van der Waals surface area contributed by atoms with Gasteiger partial charge in [-0.2, -0.15) is 0 Å². The van der Waals surface area contributed by atoms with Gasteiger partial charge in [-0.1, -0.05) is 12.1 Å². The molecule has 0 aliphatic carbocycles. The van der Waals surface area contributed by atoms with E-state index in [1.807, 2.05) is 25.1 Å². The second-order valence-corrected chi connectivity index (χ2v) is 8.01. The van der Waals surface area contributed by atoms with Crippen molar-refractivity contribution in [2.24, 2.45) is 0 Å². The average molecular weight is 406 g/mol. The van der Waals surface area contributed by atoms with Gasteiger partial charge >= 0.3 is 0 Å². The maximum Gasteiger partial charge on any atom is 0.230 e. The van der Waals surface area contributed by atoms with Crippen LogP contribution in [-0.4, -0.2) is 60.0 Å². The van der Waals surface area contributed by atoms with Gasteiger partial charge in [-0.3, -0.25) is 4.90 Å². The normalized spacial score (nSPS) is 15.3. The number of rotatable bonds is 5. The zero-order chi connectivity index (χ0) is 21.1. The van der Waals surface area contributed by atoms with Gasteiger partial charge in [0.2, 0.25) is 5.95 Å². The summed E-state index contributed by atoms with van der Waals surface area (Å²) in [5, 5.41) is 0. The number of nitrogens with zero attached hydrogens (tertiary/aromatic N) is 5. The first-order valence-electron chi connectivity index (χ1n) is 10.3. The van der Waals surface area contributed by atoms with Gasteiger partial charge in [0.25, 0.3) is 0 Å². The van der Waals surface area contributed by atoms with Gasteiger partial charge < -0.3 is 9.80 Å². The lowest BCUT2D eigenvalue weighted by molar-refractivity contribution is 0.148. The predicted molar refractivity (Wildman–Crippen MR) is 119 cm³/mol. The number of aryl methyl sites for hydroxylation is 1. The van der Waals surface area contributed by atoms with E-state index in [4.69, 9.17) is 4.98 Å². The van der Waals surface area contributed by atoms with Gasteiger partial charge in [0, 0.05) is 57.2 Å². The molecule has 0 radical (unpaired) electrons. The van der Waals surface area contributed by atoms with Crippen LogP contribution in [0.2, 0.25) is 0 Å². The third-order valence-corrected chi connectivity index (χ3v) is 5.70. The van der Waals surface area contributed by atoms with Crippen molar-refractivity contribution in [3.63, 3.8) is 0 Å². The van der Waals surface area contributed by atoms with E-state index in [0.717, 1.165) is 55.2 Å². The van der Waals surface area contributed by atoms with Crippen LogP contribution in [0.4, 0.5) is 16.0 Å². The van der Waals surface area contributed by atoms with Crippen molar-refractivity contribution in [3.05, 3.63) is 71.7 Å². The van der Waals surface area contributed by atoms with Crippen molar-refractivity contribution in [1.29, 1.82) is 0 Å². The molecule has 2 aromatic carbocycles. The zero-order valence-corrected chi connectivity index (χ0v) is 17.8. The minimum absolute atomic E-state index is 0.250. The molecular weight excluding hydrogens is 377 g/mol. The molecule has 30 heavy (non-hydrogen) atoms. The second-order valence-electron chi connectivity index (χ2n) is 8.01. The Morgan fingerprint density at radius 3 is 2.30 bits per heavy atom.